The quantitative estimate of drug-likeness (QED) is 0.443. The number of carbonyl (C=O) groups excluding carboxylic acids is 1. The molecule has 0 aromatic carbocycles. The number of hydrogen-bond donors (Lipinski definition) is 0. The fourth-order valence-corrected chi connectivity index (χ4v) is 1.37. The Hall–Kier alpha value is -0.630. The first kappa shape index (κ1) is 13.4. The summed E-state index contributed by atoms with van der Waals surface area (Å²) in [6.07, 6.45) is 8.85. The van der Waals surface area contributed by atoms with Gasteiger partial charge in [0.15, 0.2) is 0 Å². The summed E-state index contributed by atoms with van der Waals surface area (Å²) in [6.45, 7) is 4.46. The van der Waals surface area contributed by atoms with Gasteiger partial charge in [0.2, 0.25) is 0 Å². The minimum Gasteiger partial charge on any atom is -0.381 e. The molecule has 2 heteroatoms. The second-order valence-electron chi connectivity index (χ2n) is 3.98. The molecule has 2 nitrogen and oxygen atoms in total. The van der Waals surface area contributed by atoms with E-state index in [1.54, 1.807) is 7.11 Å². The van der Waals surface area contributed by atoms with E-state index in [4.69, 9.17) is 4.74 Å². The molecule has 0 aromatic rings. The first-order valence-corrected chi connectivity index (χ1v) is 5.33. The third kappa shape index (κ3) is 7.99. The zero-order valence-electron chi connectivity index (χ0n) is 9.53. The van der Waals surface area contributed by atoms with E-state index in [0.29, 0.717) is 0 Å². The van der Waals surface area contributed by atoms with Gasteiger partial charge in [0.25, 0.3) is 0 Å². The van der Waals surface area contributed by atoms with Gasteiger partial charge >= 0.3 is 0 Å². The Morgan fingerprint density at radius 3 is 2.50 bits per heavy atom. The molecular formula is C12H22O2. The normalized spacial score (nSPS) is 13.7. The summed E-state index contributed by atoms with van der Waals surface area (Å²) < 4.78 is 5.31. The van der Waals surface area contributed by atoms with E-state index >= 15 is 0 Å². The van der Waals surface area contributed by atoms with Crippen molar-refractivity contribution < 1.29 is 9.53 Å². The zero-order valence-corrected chi connectivity index (χ0v) is 9.53. The lowest BCUT2D eigenvalue weighted by atomic mass is 10.0. The highest BCUT2D eigenvalue weighted by atomic mass is 16.5. The van der Waals surface area contributed by atoms with Gasteiger partial charge in [-0.05, 0) is 24.8 Å². The van der Waals surface area contributed by atoms with Crippen molar-refractivity contribution in [3.63, 3.8) is 0 Å². The van der Waals surface area contributed by atoms with Crippen molar-refractivity contribution in [2.24, 2.45) is 5.92 Å². The summed E-state index contributed by atoms with van der Waals surface area (Å²) >= 11 is 0. The van der Waals surface area contributed by atoms with E-state index in [0.717, 1.165) is 25.0 Å². The summed E-state index contributed by atoms with van der Waals surface area (Å²) in [4.78, 5) is 10.1. The van der Waals surface area contributed by atoms with Crippen LogP contribution >= 0.6 is 0 Å². The molecule has 82 valence electrons. The van der Waals surface area contributed by atoms with Crippen LogP contribution in [0, 0.1) is 5.92 Å². The minimum absolute atomic E-state index is 0.268. The summed E-state index contributed by atoms with van der Waals surface area (Å²) in [6, 6.07) is 0. The third-order valence-electron chi connectivity index (χ3n) is 2.25. The number of hydrogen-bond acceptors (Lipinski definition) is 2. The number of ether oxygens (including phenoxy) is 1. The van der Waals surface area contributed by atoms with Crippen molar-refractivity contribution in [2.45, 2.75) is 45.6 Å². The molecule has 0 aliphatic carbocycles. The molecule has 0 aliphatic rings. The lowest BCUT2D eigenvalue weighted by molar-refractivity contribution is -0.104. The van der Waals surface area contributed by atoms with Gasteiger partial charge in [-0.25, -0.2) is 0 Å². The molecule has 0 aromatic heterocycles. The molecule has 0 saturated heterocycles. The molecule has 1 unspecified atom stereocenters. The average molecular weight is 198 g/mol. The molecular weight excluding hydrogens is 176 g/mol. The summed E-state index contributed by atoms with van der Waals surface area (Å²) in [7, 11) is 1.73. The molecule has 0 rings (SSSR count). The average Bonchev–Trinajstić information content (AvgIpc) is 2.15. The monoisotopic (exact) mass is 198 g/mol. The smallest absolute Gasteiger partial charge is 0.142 e. The van der Waals surface area contributed by atoms with Crippen LogP contribution in [0.5, 0.6) is 0 Å². The molecule has 0 spiro atoms. The van der Waals surface area contributed by atoms with Gasteiger partial charge in [-0.2, -0.15) is 0 Å². The Morgan fingerprint density at radius 1 is 1.29 bits per heavy atom. The molecule has 0 amide bonds. The van der Waals surface area contributed by atoms with E-state index in [1.807, 2.05) is 6.08 Å². The predicted octanol–water partition coefficient (Wildman–Crippen LogP) is 2.97. The molecule has 0 radical (unpaired) electrons. The predicted molar refractivity (Wildman–Crippen MR) is 59.3 cm³/mol. The second kappa shape index (κ2) is 8.95. The van der Waals surface area contributed by atoms with Crippen LogP contribution in [-0.4, -0.2) is 19.5 Å². The van der Waals surface area contributed by atoms with Crippen LogP contribution in [0.1, 0.15) is 39.5 Å². The Bertz CT molecular complexity index is 162. The number of aldehydes is 1. The SMILES string of the molecule is COC(CC=CC=O)CCCC(C)C. The fourth-order valence-electron chi connectivity index (χ4n) is 1.37. The summed E-state index contributed by atoms with van der Waals surface area (Å²) in [5.74, 6) is 0.762. The Balaban J connectivity index is 3.57. The molecule has 0 N–H and O–H groups in total. The number of rotatable bonds is 8. The van der Waals surface area contributed by atoms with Crippen LogP contribution in [0.2, 0.25) is 0 Å². The van der Waals surface area contributed by atoms with Gasteiger partial charge in [0, 0.05) is 7.11 Å². The van der Waals surface area contributed by atoms with Crippen LogP contribution in [0.15, 0.2) is 12.2 Å². The van der Waals surface area contributed by atoms with Crippen molar-refractivity contribution >= 4 is 6.29 Å². The van der Waals surface area contributed by atoms with Gasteiger partial charge in [-0.1, -0.05) is 32.8 Å². The van der Waals surface area contributed by atoms with Gasteiger partial charge in [0.05, 0.1) is 6.10 Å². The van der Waals surface area contributed by atoms with E-state index < -0.39 is 0 Å². The highest BCUT2D eigenvalue weighted by Crippen LogP contribution is 2.12. The minimum atomic E-state index is 0.268. The third-order valence-corrected chi connectivity index (χ3v) is 2.25. The highest BCUT2D eigenvalue weighted by molar-refractivity contribution is 5.64. The van der Waals surface area contributed by atoms with Gasteiger partial charge in [-0.15, -0.1) is 0 Å². The van der Waals surface area contributed by atoms with Gasteiger partial charge in [0.1, 0.15) is 6.29 Å². The Morgan fingerprint density at radius 2 is 2.00 bits per heavy atom. The van der Waals surface area contributed by atoms with E-state index in [9.17, 15) is 4.79 Å². The van der Waals surface area contributed by atoms with Crippen LogP contribution in [0.3, 0.4) is 0 Å². The number of methoxy groups -OCH3 is 1. The molecule has 1 atom stereocenters. The maximum atomic E-state index is 10.1. The molecule has 14 heavy (non-hydrogen) atoms. The summed E-state index contributed by atoms with van der Waals surface area (Å²) in [5.41, 5.74) is 0. The second-order valence-corrected chi connectivity index (χ2v) is 3.98. The maximum Gasteiger partial charge on any atom is 0.142 e. The van der Waals surface area contributed by atoms with Crippen molar-refractivity contribution in [2.75, 3.05) is 7.11 Å². The summed E-state index contributed by atoms with van der Waals surface area (Å²) in [5, 5.41) is 0. The molecule has 0 saturated carbocycles. The molecule has 0 bridgehead atoms. The lowest BCUT2D eigenvalue weighted by Gasteiger charge is -2.13. The standard InChI is InChI=1S/C12H22O2/c1-11(2)7-6-9-12(14-3)8-4-5-10-13/h4-5,10-12H,6-9H2,1-3H3. The molecule has 0 heterocycles. The Labute approximate surface area is 87.3 Å². The van der Waals surface area contributed by atoms with Crippen LogP contribution in [-0.2, 0) is 9.53 Å². The fraction of sp³-hybridized carbons (Fsp3) is 0.750. The first-order valence-electron chi connectivity index (χ1n) is 5.33. The molecule has 0 aliphatic heterocycles. The van der Waals surface area contributed by atoms with Gasteiger partial charge in [-0.3, -0.25) is 4.79 Å². The maximum absolute atomic E-state index is 10.1. The van der Waals surface area contributed by atoms with E-state index in [1.165, 1.54) is 18.9 Å². The van der Waals surface area contributed by atoms with Crippen molar-refractivity contribution in [1.29, 1.82) is 0 Å². The van der Waals surface area contributed by atoms with Crippen LogP contribution < -0.4 is 0 Å². The first-order chi connectivity index (χ1) is 6.70. The largest absolute Gasteiger partial charge is 0.381 e. The Kier molecular flexibility index (Phi) is 8.54. The number of allylic oxidation sites excluding steroid dienone is 1. The van der Waals surface area contributed by atoms with E-state index in [2.05, 4.69) is 13.8 Å². The number of carbonyl (C=O) groups is 1. The molecule has 0 fully saturated rings. The van der Waals surface area contributed by atoms with Crippen molar-refractivity contribution in [3.8, 4) is 0 Å². The van der Waals surface area contributed by atoms with Gasteiger partial charge < -0.3 is 4.74 Å². The van der Waals surface area contributed by atoms with Crippen molar-refractivity contribution in [3.05, 3.63) is 12.2 Å². The van der Waals surface area contributed by atoms with Crippen molar-refractivity contribution in [1.82, 2.24) is 0 Å². The lowest BCUT2D eigenvalue weighted by Crippen LogP contribution is -2.09. The van der Waals surface area contributed by atoms with E-state index in [-0.39, 0.29) is 6.10 Å². The topological polar surface area (TPSA) is 26.3 Å². The zero-order chi connectivity index (χ0) is 10.8. The highest BCUT2D eigenvalue weighted by Gasteiger charge is 2.05. The van der Waals surface area contributed by atoms with Crippen LogP contribution in [0.25, 0.3) is 0 Å². The van der Waals surface area contributed by atoms with Crippen LogP contribution in [0.4, 0.5) is 0 Å².